The molecule has 0 spiro atoms. The van der Waals surface area contributed by atoms with E-state index in [1.54, 1.807) is 12.1 Å². The highest BCUT2D eigenvalue weighted by Gasteiger charge is 2.56. The Morgan fingerprint density at radius 1 is 1.03 bits per heavy atom. The molecule has 4 fully saturated rings. The van der Waals surface area contributed by atoms with Gasteiger partial charge in [0.15, 0.2) is 0 Å². The zero-order valence-electron chi connectivity index (χ0n) is 20.1. The van der Waals surface area contributed by atoms with Crippen LogP contribution in [-0.2, 0) is 0 Å². The third-order valence-electron chi connectivity index (χ3n) is 8.87. The highest BCUT2D eigenvalue weighted by molar-refractivity contribution is 5.88. The van der Waals surface area contributed by atoms with E-state index >= 15 is 0 Å². The highest BCUT2D eigenvalue weighted by Crippen LogP contribution is 2.61. The van der Waals surface area contributed by atoms with Gasteiger partial charge < -0.3 is 15.3 Å². The molecule has 6 rings (SSSR count). The Bertz CT molecular complexity index is 1030. The molecule has 0 unspecified atom stereocenters. The molecule has 33 heavy (non-hydrogen) atoms. The first-order valence-electron chi connectivity index (χ1n) is 12.5. The molecule has 4 aliphatic rings. The van der Waals surface area contributed by atoms with Gasteiger partial charge in [-0.05, 0) is 90.8 Å². The Morgan fingerprint density at radius 3 is 2.27 bits per heavy atom. The molecule has 2 aromatic rings. The van der Waals surface area contributed by atoms with Crippen molar-refractivity contribution in [2.45, 2.75) is 52.5 Å². The number of benzene rings is 2. The zero-order chi connectivity index (χ0) is 23.2. The standard InChI is InChI=1S/C29H36N2O2/c1-19-26-17-23(29(26,2)3)18-27(19)30-24-8-4-20(5-9-24)16-21-12-14-31(15-13-21)25-10-6-22(7-11-25)28(32)33/h4-11,16,19,23,26-27,30H,12-15,17-18H2,1-3H3,(H,32,33)/t19-,23+,26-,27-/m0/s1. The largest absolute Gasteiger partial charge is 0.478 e. The number of fused-ring (bicyclic) bond motifs is 2. The lowest BCUT2D eigenvalue weighted by atomic mass is 9.45. The van der Waals surface area contributed by atoms with E-state index in [4.69, 9.17) is 5.11 Å². The maximum atomic E-state index is 11.1. The molecule has 4 atom stereocenters. The van der Waals surface area contributed by atoms with Crippen molar-refractivity contribution in [1.29, 1.82) is 0 Å². The van der Waals surface area contributed by atoms with Gasteiger partial charge >= 0.3 is 5.97 Å². The summed E-state index contributed by atoms with van der Waals surface area (Å²) in [6.07, 6.45) is 7.14. The van der Waals surface area contributed by atoms with Gasteiger partial charge in [-0.1, -0.05) is 44.6 Å². The molecule has 1 aliphatic heterocycles. The van der Waals surface area contributed by atoms with Gasteiger partial charge in [0.05, 0.1) is 5.56 Å². The number of nitrogens with zero attached hydrogens (tertiary/aromatic N) is 1. The second-order valence-electron chi connectivity index (χ2n) is 11.0. The molecule has 2 bridgehead atoms. The van der Waals surface area contributed by atoms with Crippen LogP contribution in [0.2, 0.25) is 0 Å². The van der Waals surface area contributed by atoms with Gasteiger partial charge in [0.1, 0.15) is 0 Å². The third kappa shape index (κ3) is 4.28. The van der Waals surface area contributed by atoms with Gasteiger partial charge in [0.2, 0.25) is 0 Å². The fourth-order valence-electron chi connectivity index (χ4n) is 6.48. The van der Waals surface area contributed by atoms with E-state index < -0.39 is 5.97 Å². The average Bonchev–Trinajstić information content (AvgIpc) is 2.82. The Kier molecular flexibility index (Phi) is 5.72. The maximum absolute atomic E-state index is 11.1. The molecule has 1 heterocycles. The van der Waals surface area contributed by atoms with Crippen LogP contribution in [0.3, 0.4) is 0 Å². The van der Waals surface area contributed by atoms with E-state index in [-0.39, 0.29) is 0 Å². The average molecular weight is 445 g/mol. The van der Waals surface area contributed by atoms with Gasteiger partial charge in [-0.25, -0.2) is 4.79 Å². The molecule has 1 saturated heterocycles. The Hall–Kier alpha value is -2.75. The van der Waals surface area contributed by atoms with Crippen LogP contribution in [-0.4, -0.2) is 30.2 Å². The number of piperidine rings is 1. The van der Waals surface area contributed by atoms with Crippen molar-refractivity contribution in [3.63, 3.8) is 0 Å². The number of hydrogen-bond acceptors (Lipinski definition) is 3. The number of carboxylic acids is 1. The summed E-state index contributed by atoms with van der Waals surface area (Å²) in [4.78, 5) is 13.4. The van der Waals surface area contributed by atoms with Crippen molar-refractivity contribution in [3.8, 4) is 0 Å². The van der Waals surface area contributed by atoms with Crippen LogP contribution >= 0.6 is 0 Å². The monoisotopic (exact) mass is 444 g/mol. The summed E-state index contributed by atoms with van der Waals surface area (Å²) in [5.74, 6) is 1.60. The number of rotatable bonds is 5. The lowest BCUT2D eigenvalue weighted by molar-refractivity contribution is -0.105. The zero-order valence-corrected chi connectivity index (χ0v) is 20.1. The fourth-order valence-corrected chi connectivity index (χ4v) is 6.48. The van der Waals surface area contributed by atoms with Gasteiger partial charge in [0.25, 0.3) is 0 Å². The molecule has 2 aromatic carbocycles. The molecule has 3 aliphatic carbocycles. The van der Waals surface area contributed by atoms with Crippen molar-refractivity contribution in [2.24, 2.45) is 23.2 Å². The Morgan fingerprint density at radius 2 is 1.70 bits per heavy atom. The van der Waals surface area contributed by atoms with Crippen molar-refractivity contribution < 1.29 is 9.90 Å². The van der Waals surface area contributed by atoms with Crippen molar-refractivity contribution in [1.82, 2.24) is 0 Å². The van der Waals surface area contributed by atoms with E-state index in [0.29, 0.717) is 17.0 Å². The minimum absolute atomic E-state index is 0.341. The molecule has 4 heteroatoms. The smallest absolute Gasteiger partial charge is 0.335 e. The summed E-state index contributed by atoms with van der Waals surface area (Å²) in [6.45, 7) is 9.29. The molecular formula is C29H36N2O2. The fraction of sp³-hybridized carbons (Fsp3) is 0.483. The highest BCUT2D eigenvalue weighted by atomic mass is 16.4. The Balaban J connectivity index is 1.15. The van der Waals surface area contributed by atoms with E-state index in [1.807, 2.05) is 12.1 Å². The number of carbonyl (C=O) groups is 1. The van der Waals surface area contributed by atoms with Crippen molar-refractivity contribution >= 4 is 23.4 Å². The molecule has 0 amide bonds. The van der Waals surface area contributed by atoms with Crippen LogP contribution < -0.4 is 10.2 Å². The van der Waals surface area contributed by atoms with E-state index in [2.05, 4.69) is 61.3 Å². The molecule has 4 nitrogen and oxygen atoms in total. The predicted molar refractivity (Wildman–Crippen MR) is 136 cm³/mol. The van der Waals surface area contributed by atoms with E-state index in [0.717, 1.165) is 49.4 Å². The molecule has 0 radical (unpaired) electrons. The minimum Gasteiger partial charge on any atom is -0.478 e. The minimum atomic E-state index is -0.875. The summed E-state index contributed by atoms with van der Waals surface area (Å²) < 4.78 is 0. The van der Waals surface area contributed by atoms with Crippen LogP contribution in [0.15, 0.2) is 54.1 Å². The third-order valence-corrected chi connectivity index (χ3v) is 8.87. The molecule has 3 saturated carbocycles. The molecule has 2 N–H and O–H groups in total. The number of hydrogen-bond donors (Lipinski definition) is 2. The van der Waals surface area contributed by atoms with Crippen LogP contribution in [0.25, 0.3) is 6.08 Å². The SMILES string of the molecule is C[C@@H]1[C@@H](Nc2ccc(C=C3CCN(c4ccc(C(=O)O)cc4)CC3)cc2)C[C@H]2C[C@@H]1C2(C)C. The second kappa shape index (κ2) is 8.55. The van der Waals surface area contributed by atoms with Crippen LogP contribution in [0, 0.1) is 23.2 Å². The Labute approximate surface area is 197 Å². The predicted octanol–water partition coefficient (Wildman–Crippen LogP) is 6.55. The van der Waals surface area contributed by atoms with E-state index in [1.165, 1.54) is 29.7 Å². The van der Waals surface area contributed by atoms with Gasteiger partial charge in [-0.3, -0.25) is 0 Å². The first-order chi connectivity index (χ1) is 15.8. The summed E-state index contributed by atoms with van der Waals surface area (Å²) in [5.41, 5.74) is 5.98. The first kappa shape index (κ1) is 22.1. The summed E-state index contributed by atoms with van der Waals surface area (Å²) in [6, 6.07) is 16.8. The van der Waals surface area contributed by atoms with Gasteiger partial charge in [0, 0.05) is 30.5 Å². The van der Waals surface area contributed by atoms with Crippen LogP contribution in [0.5, 0.6) is 0 Å². The van der Waals surface area contributed by atoms with Crippen molar-refractivity contribution in [2.75, 3.05) is 23.3 Å². The van der Waals surface area contributed by atoms with E-state index in [9.17, 15) is 4.79 Å². The van der Waals surface area contributed by atoms with Crippen molar-refractivity contribution in [3.05, 3.63) is 65.2 Å². The quantitative estimate of drug-likeness (QED) is 0.549. The normalized spacial score (nSPS) is 28.1. The topological polar surface area (TPSA) is 52.6 Å². The van der Waals surface area contributed by atoms with Gasteiger partial charge in [-0.2, -0.15) is 0 Å². The molecule has 0 aromatic heterocycles. The molecular weight excluding hydrogens is 408 g/mol. The lowest BCUT2D eigenvalue weighted by Gasteiger charge is -2.62. The first-order valence-corrected chi connectivity index (χ1v) is 12.5. The number of nitrogens with one attached hydrogen (secondary N) is 1. The molecule has 174 valence electrons. The summed E-state index contributed by atoms with van der Waals surface area (Å²) >= 11 is 0. The van der Waals surface area contributed by atoms with Crippen LogP contribution in [0.1, 0.15) is 62.4 Å². The maximum Gasteiger partial charge on any atom is 0.335 e. The summed E-state index contributed by atoms with van der Waals surface area (Å²) in [7, 11) is 0. The number of carboxylic acid groups (broad SMARTS) is 1. The van der Waals surface area contributed by atoms with Gasteiger partial charge in [-0.15, -0.1) is 0 Å². The lowest BCUT2D eigenvalue weighted by Crippen LogP contribution is -2.58. The van der Waals surface area contributed by atoms with Crippen LogP contribution in [0.4, 0.5) is 11.4 Å². The summed E-state index contributed by atoms with van der Waals surface area (Å²) in [5, 5.41) is 12.9. The number of anilines is 2. The second-order valence-corrected chi connectivity index (χ2v) is 11.0. The number of aromatic carboxylic acids is 1.